The highest BCUT2D eigenvalue weighted by Crippen LogP contribution is 2.24. The van der Waals surface area contributed by atoms with Gasteiger partial charge in [-0.2, -0.15) is 0 Å². The Hall–Kier alpha value is -1.74. The Morgan fingerprint density at radius 1 is 1.00 bits per heavy atom. The van der Waals surface area contributed by atoms with Crippen LogP contribution in [-0.4, -0.2) is 11.7 Å². The van der Waals surface area contributed by atoms with Crippen molar-refractivity contribution in [3.05, 3.63) is 58.7 Å². The zero-order valence-corrected chi connectivity index (χ0v) is 13.8. The Kier molecular flexibility index (Phi) is 5.07. The van der Waals surface area contributed by atoms with E-state index in [-0.39, 0.29) is 5.91 Å². The zero-order valence-electron chi connectivity index (χ0n) is 13.0. The van der Waals surface area contributed by atoms with Gasteiger partial charge in [-0.15, -0.1) is 11.8 Å². The summed E-state index contributed by atoms with van der Waals surface area (Å²) in [6.07, 6.45) is 0. The summed E-state index contributed by atoms with van der Waals surface area (Å²) in [7, 11) is 0. The molecule has 0 bridgehead atoms. The average Bonchev–Trinajstić information content (AvgIpc) is 2.42. The molecular weight excluding hydrogens is 278 g/mol. The van der Waals surface area contributed by atoms with Crippen LogP contribution in [0.25, 0.3) is 0 Å². The van der Waals surface area contributed by atoms with Crippen LogP contribution in [0.15, 0.2) is 41.3 Å². The molecule has 0 aliphatic rings. The second-order valence-electron chi connectivity index (χ2n) is 5.38. The molecule has 0 saturated heterocycles. The predicted octanol–water partition coefficient (Wildman–Crippen LogP) is 4.65. The summed E-state index contributed by atoms with van der Waals surface area (Å²) < 4.78 is 0. The highest BCUT2D eigenvalue weighted by atomic mass is 32.2. The van der Waals surface area contributed by atoms with Crippen LogP contribution in [0.5, 0.6) is 0 Å². The number of rotatable bonds is 4. The summed E-state index contributed by atoms with van der Waals surface area (Å²) in [5, 5.41) is 3.04. The molecule has 2 aromatic carbocycles. The number of hydrogen-bond donors (Lipinski definition) is 1. The molecule has 0 aliphatic carbocycles. The molecule has 1 amide bonds. The summed E-state index contributed by atoms with van der Waals surface area (Å²) in [5.41, 5.74) is 5.59. The summed E-state index contributed by atoms with van der Waals surface area (Å²) in [5.74, 6) is 0.468. The molecule has 2 nitrogen and oxygen atoms in total. The first-order valence-electron chi connectivity index (χ1n) is 7.03. The third-order valence-electron chi connectivity index (χ3n) is 3.39. The number of nitrogens with one attached hydrogen (secondary N) is 1. The number of amides is 1. The van der Waals surface area contributed by atoms with Crippen molar-refractivity contribution < 1.29 is 4.79 Å². The first-order chi connectivity index (χ1) is 9.97. The molecule has 0 saturated carbocycles. The van der Waals surface area contributed by atoms with E-state index in [4.69, 9.17) is 0 Å². The highest BCUT2D eigenvalue weighted by Gasteiger charge is 2.09. The lowest BCUT2D eigenvalue weighted by Crippen LogP contribution is -2.16. The Morgan fingerprint density at radius 2 is 1.62 bits per heavy atom. The standard InChI is InChI=1S/C18H21NOS/c1-12-9-14(3)18(15(4)10-12)19-17(20)11-21-16-8-6-5-7-13(16)2/h5-10H,11H2,1-4H3,(H,19,20). The lowest BCUT2D eigenvalue weighted by molar-refractivity contribution is -0.113. The molecule has 0 atom stereocenters. The van der Waals surface area contributed by atoms with Gasteiger partial charge in [0.1, 0.15) is 0 Å². The molecule has 0 aromatic heterocycles. The van der Waals surface area contributed by atoms with Crippen LogP contribution in [0.1, 0.15) is 22.3 Å². The normalized spacial score (nSPS) is 10.5. The number of anilines is 1. The van der Waals surface area contributed by atoms with Crippen molar-refractivity contribution in [3.8, 4) is 0 Å². The van der Waals surface area contributed by atoms with E-state index in [9.17, 15) is 4.79 Å². The van der Waals surface area contributed by atoms with Crippen molar-refractivity contribution in [3.63, 3.8) is 0 Å². The topological polar surface area (TPSA) is 29.1 Å². The number of carbonyl (C=O) groups is 1. The minimum absolute atomic E-state index is 0.0401. The number of hydrogen-bond acceptors (Lipinski definition) is 2. The van der Waals surface area contributed by atoms with Gasteiger partial charge in [-0.1, -0.05) is 35.9 Å². The van der Waals surface area contributed by atoms with Gasteiger partial charge in [0.2, 0.25) is 5.91 Å². The SMILES string of the molecule is Cc1cc(C)c(NC(=O)CSc2ccccc2C)c(C)c1. The van der Waals surface area contributed by atoms with E-state index >= 15 is 0 Å². The van der Waals surface area contributed by atoms with Crippen molar-refractivity contribution in [2.24, 2.45) is 0 Å². The summed E-state index contributed by atoms with van der Waals surface area (Å²) in [6, 6.07) is 12.3. The molecule has 2 aromatic rings. The monoisotopic (exact) mass is 299 g/mol. The van der Waals surface area contributed by atoms with Crippen molar-refractivity contribution >= 4 is 23.4 Å². The fourth-order valence-electron chi connectivity index (χ4n) is 2.41. The van der Waals surface area contributed by atoms with Gasteiger partial charge in [0.25, 0.3) is 0 Å². The van der Waals surface area contributed by atoms with Crippen molar-refractivity contribution in [1.29, 1.82) is 0 Å². The van der Waals surface area contributed by atoms with E-state index in [0.717, 1.165) is 21.7 Å². The molecule has 0 fully saturated rings. The van der Waals surface area contributed by atoms with Gasteiger partial charge in [0.15, 0.2) is 0 Å². The smallest absolute Gasteiger partial charge is 0.234 e. The van der Waals surface area contributed by atoms with E-state index in [2.05, 4.69) is 43.4 Å². The van der Waals surface area contributed by atoms with Gasteiger partial charge < -0.3 is 5.32 Å². The third-order valence-corrected chi connectivity index (χ3v) is 4.57. The molecule has 21 heavy (non-hydrogen) atoms. The highest BCUT2D eigenvalue weighted by molar-refractivity contribution is 8.00. The Bertz CT molecular complexity index is 641. The van der Waals surface area contributed by atoms with Crippen LogP contribution >= 0.6 is 11.8 Å². The first kappa shape index (κ1) is 15.6. The van der Waals surface area contributed by atoms with Gasteiger partial charge in [-0.3, -0.25) is 4.79 Å². The van der Waals surface area contributed by atoms with E-state index in [0.29, 0.717) is 5.75 Å². The number of benzene rings is 2. The molecule has 0 unspecified atom stereocenters. The lowest BCUT2D eigenvalue weighted by Gasteiger charge is -2.13. The largest absolute Gasteiger partial charge is 0.325 e. The fraction of sp³-hybridized carbons (Fsp3) is 0.278. The number of carbonyl (C=O) groups excluding carboxylic acids is 1. The van der Waals surface area contributed by atoms with E-state index in [1.165, 1.54) is 11.1 Å². The second-order valence-corrected chi connectivity index (χ2v) is 6.39. The molecule has 2 rings (SSSR count). The minimum atomic E-state index is 0.0401. The van der Waals surface area contributed by atoms with Crippen LogP contribution in [0, 0.1) is 27.7 Å². The zero-order chi connectivity index (χ0) is 15.4. The summed E-state index contributed by atoms with van der Waals surface area (Å²) in [6.45, 7) is 8.20. The van der Waals surface area contributed by atoms with E-state index in [1.807, 2.05) is 26.0 Å². The third kappa shape index (κ3) is 4.11. The molecule has 1 N–H and O–H groups in total. The second kappa shape index (κ2) is 6.81. The molecule has 0 radical (unpaired) electrons. The molecule has 110 valence electrons. The van der Waals surface area contributed by atoms with Gasteiger partial charge >= 0.3 is 0 Å². The van der Waals surface area contributed by atoms with Crippen molar-refractivity contribution in [1.82, 2.24) is 0 Å². The lowest BCUT2D eigenvalue weighted by atomic mass is 10.1. The maximum Gasteiger partial charge on any atom is 0.234 e. The fourth-order valence-corrected chi connectivity index (χ4v) is 3.24. The van der Waals surface area contributed by atoms with Gasteiger partial charge in [-0.25, -0.2) is 0 Å². The Labute approximate surface area is 131 Å². The Balaban J connectivity index is 2.01. The van der Waals surface area contributed by atoms with Gasteiger partial charge in [-0.05, 0) is 50.5 Å². The van der Waals surface area contributed by atoms with Crippen LogP contribution in [-0.2, 0) is 4.79 Å². The molecule has 3 heteroatoms. The van der Waals surface area contributed by atoms with Crippen LogP contribution < -0.4 is 5.32 Å². The minimum Gasteiger partial charge on any atom is -0.325 e. The molecular formula is C18H21NOS. The number of thioether (sulfide) groups is 1. The molecule has 0 spiro atoms. The summed E-state index contributed by atoms with van der Waals surface area (Å²) in [4.78, 5) is 13.3. The van der Waals surface area contributed by atoms with Crippen LogP contribution in [0.4, 0.5) is 5.69 Å². The number of aryl methyl sites for hydroxylation is 4. The van der Waals surface area contributed by atoms with Crippen molar-refractivity contribution in [2.75, 3.05) is 11.1 Å². The molecule has 0 heterocycles. The van der Waals surface area contributed by atoms with Crippen LogP contribution in [0.3, 0.4) is 0 Å². The maximum absolute atomic E-state index is 12.2. The summed E-state index contributed by atoms with van der Waals surface area (Å²) >= 11 is 1.58. The average molecular weight is 299 g/mol. The van der Waals surface area contributed by atoms with E-state index < -0.39 is 0 Å². The van der Waals surface area contributed by atoms with Gasteiger partial charge in [0, 0.05) is 10.6 Å². The van der Waals surface area contributed by atoms with E-state index in [1.54, 1.807) is 11.8 Å². The van der Waals surface area contributed by atoms with Crippen molar-refractivity contribution in [2.45, 2.75) is 32.6 Å². The van der Waals surface area contributed by atoms with Gasteiger partial charge in [0.05, 0.1) is 5.75 Å². The quantitative estimate of drug-likeness (QED) is 0.833. The molecule has 0 aliphatic heterocycles. The first-order valence-corrected chi connectivity index (χ1v) is 8.02. The predicted molar refractivity (Wildman–Crippen MR) is 91.2 cm³/mol. The maximum atomic E-state index is 12.2. The Morgan fingerprint density at radius 3 is 2.24 bits per heavy atom. The van der Waals surface area contributed by atoms with Crippen LogP contribution in [0.2, 0.25) is 0 Å².